The van der Waals surface area contributed by atoms with Gasteiger partial charge in [0.1, 0.15) is 12.1 Å². The minimum Gasteiger partial charge on any atom is -0.354 e. The fraction of sp³-hybridized carbons (Fsp3) is 0.361. The van der Waals surface area contributed by atoms with E-state index in [0.717, 1.165) is 22.3 Å². The third kappa shape index (κ3) is 10.5. The Labute approximate surface area is 262 Å². The molecule has 44 heavy (non-hydrogen) atoms. The number of hydrogen-bond donors (Lipinski definition) is 3. The molecular formula is C36H47N5O3. The van der Waals surface area contributed by atoms with Crippen LogP contribution in [0.4, 0.5) is 0 Å². The molecule has 0 saturated heterocycles. The number of carbonyl (C=O) groups is 3. The smallest absolute Gasteiger partial charge is 0.246 e. The molecule has 8 nitrogen and oxygen atoms in total. The number of benzene rings is 3. The molecule has 0 spiro atoms. The highest BCUT2D eigenvalue weighted by atomic mass is 16.2. The van der Waals surface area contributed by atoms with Crippen LogP contribution in [0.25, 0.3) is 11.1 Å². The first kappa shape index (κ1) is 34.2. The number of amides is 3. The van der Waals surface area contributed by atoms with E-state index in [0.29, 0.717) is 32.4 Å². The number of hydrogen-bond acceptors (Lipinski definition) is 5. The van der Waals surface area contributed by atoms with Gasteiger partial charge in [-0.15, -0.1) is 0 Å². The fourth-order valence-electron chi connectivity index (χ4n) is 4.87. The van der Waals surface area contributed by atoms with Crippen molar-refractivity contribution >= 4 is 17.7 Å². The lowest BCUT2D eigenvalue weighted by molar-refractivity contribution is -0.146. The van der Waals surface area contributed by atoms with Crippen LogP contribution in [0.15, 0.2) is 97.1 Å². The number of nitrogens with one attached hydrogen (secondary N) is 1. The molecule has 0 saturated carbocycles. The minimum absolute atomic E-state index is 0.261. The van der Waals surface area contributed by atoms with E-state index in [9.17, 15) is 14.4 Å². The first-order valence-corrected chi connectivity index (χ1v) is 15.1. The zero-order valence-corrected chi connectivity index (χ0v) is 26.4. The molecule has 0 aliphatic rings. The van der Waals surface area contributed by atoms with Crippen molar-refractivity contribution in [2.45, 2.75) is 57.2 Å². The second-order valence-corrected chi connectivity index (χ2v) is 11.9. The van der Waals surface area contributed by atoms with Crippen molar-refractivity contribution in [3.63, 3.8) is 0 Å². The number of carbonyl (C=O) groups excluding carboxylic acids is 3. The van der Waals surface area contributed by atoms with Gasteiger partial charge in [-0.05, 0) is 61.6 Å². The van der Waals surface area contributed by atoms with Crippen molar-refractivity contribution in [1.29, 1.82) is 0 Å². The van der Waals surface area contributed by atoms with Crippen LogP contribution in [0.5, 0.6) is 0 Å². The van der Waals surface area contributed by atoms with Crippen LogP contribution >= 0.6 is 0 Å². The summed E-state index contributed by atoms with van der Waals surface area (Å²) >= 11 is 0. The SMILES string of the molecule is CN(C(=O)C=CCC(C)(C)N)[C@H](Cc1ccc(-c2ccccc2)cc1)C(=O)N(C)[C@H](Cc1ccccc1)C(=O)NCCCN. The van der Waals surface area contributed by atoms with Gasteiger partial charge < -0.3 is 26.6 Å². The zero-order chi connectivity index (χ0) is 32.1. The summed E-state index contributed by atoms with van der Waals surface area (Å²) in [6, 6.07) is 26.0. The van der Waals surface area contributed by atoms with Gasteiger partial charge in [-0.25, -0.2) is 0 Å². The quantitative estimate of drug-likeness (QED) is 0.181. The molecule has 0 unspecified atom stereocenters. The third-order valence-corrected chi connectivity index (χ3v) is 7.56. The summed E-state index contributed by atoms with van der Waals surface area (Å²) in [5.41, 5.74) is 15.2. The van der Waals surface area contributed by atoms with Crippen LogP contribution in [0.1, 0.15) is 37.8 Å². The molecule has 0 aliphatic heterocycles. The second-order valence-electron chi connectivity index (χ2n) is 11.9. The van der Waals surface area contributed by atoms with E-state index in [1.54, 1.807) is 20.2 Å². The van der Waals surface area contributed by atoms with E-state index in [4.69, 9.17) is 11.5 Å². The number of likely N-dealkylation sites (N-methyl/N-ethyl adjacent to an activating group) is 2. The summed E-state index contributed by atoms with van der Waals surface area (Å²) in [4.78, 5) is 43.9. The van der Waals surface area contributed by atoms with E-state index in [1.807, 2.05) is 98.8 Å². The molecule has 0 radical (unpaired) electrons. The summed E-state index contributed by atoms with van der Waals surface area (Å²) < 4.78 is 0. The lowest BCUT2D eigenvalue weighted by Gasteiger charge is -2.34. The standard InChI is InChI=1S/C36H47N5O3/c1-36(2,38)22-11-17-33(42)40(3)32(26-28-18-20-30(21-19-28)29-15-9-6-10-16-29)35(44)41(4)31(34(43)39-24-12-23-37)25-27-13-7-5-8-14-27/h5-11,13-21,31-32H,12,22-26,37-38H2,1-4H3,(H,39,43)/t31-,32-/m1/s1. The summed E-state index contributed by atoms with van der Waals surface area (Å²) in [6.45, 7) is 4.64. The van der Waals surface area contributed by atoms with Crippen LogP contribution in [0, 0.1) is 0 Å². The van der Waals surface area contributed by atoms with E-state index in [1.165, 1.54) is 15.9 Å². The van der Waals surface area contributed by atoms with Crippen LogP contribution < -0.4 is 16.8 Å². The zero-order valence-electron chi connectivity index (χ0n) is 26.4. The molecule has 0 aliphatic carbocycles. The Morgan fingerprint density at radius 1 is 0.795 bits per heavy atom. The van der Waals surface area contributed by atoms with Gasteiger partial charge in [-0.3, -0.25) is 14.4 Å². The van der Waals surface area contributed by atoms with Gasteiger partial charge in [0.05, 0.1) is 0 Å². The Morgan fingerprint density at radius 2 is 1.34 bits per heavy atom. The molecule has 0 fully saturated rings. The molecule has 0 heterocycles. The lowest BCUT2D eigenvalue weighted by atomic mass is 9.98. The van der Waals surface area contributed by atoms with Crippen LogP contribution in [0.3, 0.4) is 0 Å². The van der Waals surface area contributed by atoms with Gasteiger partial charge in [0.25, 0.3) is 0 Å². The second kappa shape index (κ2) is 16.5. The maximum atomic E-state index is 14.3. The molecule has 234 valence electrons. The lowest BCUT2D eigenvalue weighted by Crippen LogP contribution is -2.56. The summed E-state index contributed by atoms with van der Waals surface area (Å²) in [5, 5.41) is 2.93. The first-order chi connectivity index (χ1) is 21.0. The highest BCUT2D eigenvalue weighted by Gasteiger charge is 2.34. The Kier molecular flexibility index (Phi) is 12.9. The van der Waals surface area contributed by atoms with Gasteiger partial charge in [-0.2, -0.15) is 0 Å². The maximum Gasteiger partial charge on any atom is 0.246 e. The Morgan fingerprint density at radius 3 is 1.93 bits per heavy atom. The fourth-order valence-corrected chi connectivity index (χ4v) is 4.87. The van der Waals surface area contributed by atoms with Gasteiger partial charge >= 0.3 is 0 Å². The van der Waals surface area contributed by atoms with Gasteiger partial charge in [0.15, 0.2) is 0 Å². The molecule has 2 atom stereocenters. The van der Waals surface area contributed by atoms with E-state index in [-0.39, 0.29) is 24.1 Å². The number of nitrogens with zero attached hydrogens (tertiary/aromatic N) is 2. The molecule has 3 rings (SSSR count). The molecule has 3 aromatic rings. The van der Waals surface area contributed by atoms with Crippen molar-refractivity contribution in [3.8, 4) is 11.1 Å². The van der Waals surface area contributed by atoms with Gasteiger partial charge in [0.2, 0.25) is 17.7 Å². The molecule has 3 aromatic carbocycles. The molecule has 0 aromatic heterocycles. The monoisotopic (exact) mass is 597 g/mol. The van der Waals surface area contributed by atoms with Crippen molar-refractivity contribution in [3.05, 3.63) is 108 Å². The topological polar surface area (TPSA) is 122 Å². The molecule has 0 bridgehead atoms. The average molecular weight is 598 g/mol. The predicted molar refractivity (Wildman–Crippen MR) is 178 cm³/mol. The van der Waals surface area contributed by atoms with E-state index in [2.05, 4.69) is 5.32 Å². The molecule has 8 heteroatoms. The van der Waals surface area contributed by atoms with Crippen LogP contribution in [0.2, 0.25) is 0 Å². The van der Waals surface area contributed by atoms with Crippen LogP contribution in [-0.2, 0) is 27.2 Å². The average Bonchev–Trinajstić information content (AvgIpc) is 3.02. The normalized spacial score (nSPS) is 12.9. The van der Waals surface area contributed by atoms with Gasteiger partial charge in [0, 0.05) is 39.0 Å². The largest absolute Gasteiger partial charge is 0.354 e. The highest BCUT2D eigenvalue weighted by Crippen LogP contribution is 2.21. The van der Waals surface area contributed by atoms with Crippen molar-refractivity contribution < 1.29 is 14.4 Å². The maximum absolute atomic E-state index is 14.3. The van der Waals surface area contributed by atoms with E-state index >= 15 is 0 Å². The molecular weight excluding hydrogens is 550 g/mol. The number of rotatable bonds is 15. The number of nitrogens with two attached hydrogens (primary N) is 2. The minimum atomic E-state index is -0.847. The van der Waals surface area contributed by atoms with Crippen molar-refractivity contribution in [1.82, 2.24) is 15.1 Å². The van der Waals surface area contributed by atoms with E-state index < -0.39 is 17.6 Å². The Bertz CT molecular complexity index is 1370. The Balaban J connectivity index is 1.91. The third-order valence-electron chi connectivity index (χ3n) is 7.56. The predicted octanol–water partition coefficient (Wildman–Crippen LogP) is 3.94. The van der Waals surface area contributed by atoms with Crippen molar-refractivity contribution in [2.75, 3.05) is 27.2 Å². The van der Waals surface area contributed by atoms with Gasteiger partial charge in [-0.1, -0.05) is 91.0 Å². The van der Waals surface area contributed by atoms with Crippen molar-refractivity contribution in [2.24, 2.45) is 11.5 Å². The Hall–Kier alpha value is -4.27. The summed E-state index contributed by atoms with van der Waals surface area (Å²) in [5.74, 6) is -0.896. The summed E-state index contributed by atoms with van der Waals surface area (Å²) in [6.07, 6.45) is 4.96. The molecule has 3 amide bonds. The van der Waals surface area contributed by atoms with Crippen LogP contribution in [-0.4, -0.2) is 72.3 Å². The highest BCUT2D eigenvalue weighted by molar-refractivity contribution is 5.95. The summed E-state index contributed by atoms with van der Waals surface area (Å²) in [7, 11) is 3.26. The molecule has 5 N–H and O–H groups in total. The first-order valence-electron chi connectivity index (χ1n) is 15.1.